The minimum atomic E-state index is -0.961. The fourth-order valence-corrected chi connectivity index (χ4v) is 2.78. The largest absolute Gasteiger partial charge is 0.495 e. The molecule has 0 saturated heterocycles. The fourth-order valence-electron chi connectivity index (χ4n) is 2.47. The zero-order chi connectivity index (χ0) is 19.1. The number of nitrogens with zero attached hydrogens (tertiary/aromatic N) is 1. The number of benzene rings is 1. The molecular weight excluding hydrogens is 379 g/mol. The second kappa shape index (κ2) is 9.62. The molecule has 2 atom stereocenters. The first-order valence-electron chi connectivity index (χ1n) is 7.98. The van der Waals surface area contributed by atoms with Crippen LogP contribution in [-0.2, 0) is 4.74 Å². The van der Waals surface area contributed by atoms with Crippen molar-refractivity contribution in [3.05, 3.63) is 57.8 Å². The number of halogens is 2. The normalized spacial score (nSPS) is 13.0. The van der Waals surface area contributed by atoms with E-state index in [0.717, 1.165) is 0 Å². The number of carbonyl (C=O) groups is 1. The number of hydrogen-bond donors (Lipinski definition) is 2. The number of carbonyl (C=O) groups excluding carboxylic acids is 1. The van der Waals surface area contributed by atoms with Gasteiger partial charge < -0.3 is 19.9 Å². The molecule has 1 aromatic heterocycles. The lowest BCUT2D eigenvalue weighted by molar-refractivity contribution is 0.131. The number of hydrogen-bond acceptors (Lipinski definition) is 5. The molecule has 2 rings (SSSR count). The van der Waals surface area contributed by atoms with Gasteiger partial charge in [0, 0.05) is 24.2 Å². The highest BCUT2D eigenvalue weighted by Crippen LogP contribution is 2.34. The zero-order valence-electron chi connectivity index (χ0n) is 14.4. The van der Waals surface area contributed by atoms with E-state index < -0.39 is 18.1 Å². The van der Waals surface area contributed by atoms with Crippen molar-refractivity contribution in [1.82, 2.24) is 10.3 Å². The van der Waals surface area contributed by atoms with E-state index in [2.05, 4.69) is 10.3 Å². The Morgan fingerprint density at radius 3 is 2.65 bits per heavy atom. The maximum absolute atomic E-state index is 11.7. The van der Waals surface area contributed by atoms with E-state index in [1.807, 2.05) is 0 Å². The molecule has 2 unspecified atom stereocenters. The minimum Gasteiger partial charge on any atom is -0.495 e. The maximum atomic E-state index is 11.7. The lowest BCUT2D eigenvalue weighted by Gasteiger charge is -2.24. The van der Waals surface area contributed by atoms with Gasteiger partial charge in [-0.3, -0.25) is 4.98 Å². The van der Waals surface area contributed by atoms with E-state index in [4.69, 9.17) is 32.7 Å². The lowest BCUT2D eigenvalue weighted by Crippen LogP contribution is -2.31. The summed E-state index contributed by atoms with van der Waals surface area (Å²) in [6, 6.07) is 6.75. The van der Waals surface area contributed by atoms with E-state index in [1.54, 1.807) is 43.6 Å². The van der Waals surface area contributed by atoms with Gasteiger partial charge in [-0.1, -0.05) is 29.3 Å². The molecular formula is C18H20Cl2N2O4. The van der Waals surface area contributed by atoms with E-state index in [1.165, 1.54) is 7.11 Å². The van der Waals surface area contributed by atoms with Gasteiger partial charge in [-0.2, -0.15) is 0 Å². The molecule has 1 heterocycles. The van der Waals surface area contributed by atoms with Crippen LogP contribution in [0.4, 0.5) is 4.79 Å². The summed E-state index contributed by atoms with van der Waals surface area (Å²) in [5.74, 6) is 0.0240. The van der Waals surface area contributed by atoms with Crippen molar-refractivity contribution in [1.29, 1.82) is 0 Å². The molecule has 0 spiro atoms. The van der Waals surface area contributed by atoms with Gasteiger partial charge in [0.15, 0.2) is 0 Å². The molecule has 0 radical (unpaired) electrons. The summed E-state index contributed by atoms with van der Waals surface area (Å²) in [5.41, 5.74) is 1.26. The van der Waals surface area contributed by atoms with Crippen LogP contribution in [0.1, 0.15) is 30.1 Å². The summed E-state index contributed by atoms with van der Waals surface area (Å²) in [6.45, 7) is 2.10. The zero-order valence-corrected chi connectivity index (χ0v) is 15.9. The number of amides is 1. The number of rotatable bonds is 7. The van der Waals surface area contributed by atoms with E-state index in [0.29, 0.717) is 26.9 Å². The number of aliphatic hydroxyl groups is 1. The van der Waals surface area contributed by atoms with Gasteiger partial charge in [0.25, 0.3) is 0 Å². The molecule has 0 saturated carbocycles. The van der Waals surface area contributed by atoms with Crippen LogP contribution in [0.5, 0.6) is 5.75 Å². The Labute approximate surface area is 162 Å². The van der Waals surface area contributed by atoms with E-state index >= 15 is 0 Å². The van der Waals surface area contributed by atoms with Gasteiger partial charge in [-0.05, 0) is 30.7 Å². The minimum absolute atomic E-state index is 0.134. The second-order valence-electron chi connectivity index (χ2n) is 5.48. The molecule has 0 aliphatic heterocycles. The fraction of sp³-hybridized carbons (Fsp3) is 0.333. The maximum Gasteiger partial charge on any atom is 0.407 e. The van der Waals surface area contributed by atoms with Gasteiger partial charge in [0.1, 0.15) is 5.75 Å². The number of nitrogens with one attached hydrogen (secondary N) is 1. The molecule has 0 aliphatic carbocycles. The van der Waals surface area contributed by atoms with E-state index in [9.17, 15) is 9.90 Å². The molecule has 140 valence electrons. The summed E-state index contributed by atoms with van der Waals surface area (Å²) >= 11 is 12.1. The van der Waals surface area contributed by atoms with Crippen LogP contribution < -0.4 is 10.1 Å². The third kappa shape index (κ3) is 5.24. The van der Waals surface area contributed by atoms with Gasteiger partial charge in [-0.15, -0.1) is 0 Å². The number of alkyl carbamates (subject to hydrolysis) is 1. The van der Waals surface area contributed by atoms with Crippen molar-refractivity contribution in [3.8, 4) is 5.75 Å². The molecule has 6 nitrogen and oxygen atoms in total. The standard InChI is InChI=1S/C18H20Cl2N2O4/c1-3-26-18(24)22-10-14(11-4-5-15(19)16(20)7-11)17(23)12-6-13(25-2)9-21-8-12/h4-9,14,17,23H,3,10H2,1-2H3,(H,22,24). The number of pyridine rings is 1. The summed E-state index contributed by atoms with van der Waals surface area (Å²) in [4.78, 5) is 15.7. The summed E-state index contributed by atoms with van der Waals surface area (Å²) in [5, 5.41) is 14.3. The SMILES string of the molecule is CCOC(=O)NCC(c1ccc(Cl)c(Cl)c1)C(O)c1cncc(OC)c1. The quantitative estimate of drug-likeness (QED) is 0.737. The highest BCUT2D eigenvalue weighted by Gasteiger charge is 2.25. The van der Waals surface area contributed by atoms with Crippen molar-refractivity contribution in [3.63, 3.8) is 0 Å². The third-order valence-corrected chi connectivity index (χ3v) is 4.55. The number of aromatic nitrogens is 1. The van der Waals surface area contributed by atoms with E-state index in [-0.39, 0.29) is 13.2 Å². The summed E-state index contributed by atoms with van der Waals surface area (Å²) in [6.07, 6.45) is 1.56. The lowest BCUT2D eigenvalue weighted by atomic mass is 9.89. The highest BCUT2D eigenvalue weighted by atomic mass is 35.5. The third-order valence-electron chi connectivity index (χ3n) is 3.81. The molecule has 1 amide bonds. The van der Waals surface area contributed by atoms with Crippen LogP contribution >= 0.6 is 23.2 Å². The molecule has 8 heteroatoms. The van der Waals surface area contributed by atoms with Crippen molar-refractivity contribution in [2.75, 3.05) is 20.3 Å². The van der Waals surface area contributed by atoms with Crippen LogP contribution in [-0.4, -0.2) is 36.4 Å². The Morgan fingerprint density at radius 1 is 1.23 bits per heavy atom. The van der Waals surface area contributed by atoms with Crippen molar-refractivity contribution in [2.24, 2.45) is 0 Å². The second-order valence-corrected chi connectivity index (χ2v) is 6.30. The average molecular weight is 399 g/mol. The summed E-state index contributed by atoms with van der Waals surface area (Å²) < 4.78 is 10.0. The highest BCUT2D eigenvalue weighted by molar-refractivity contribution is 6.42. The number of aliphatic hydroxyl groups excluding tert-OH is 1. The Balaban J connectivity index is 2.31. The average Bonchev–Trinajstić information content (AvgIpc) is 2.64. The van der Waals surface area contributed by atoms with Crippen molar-refractivity contribution in [2.45, 2.75) is 18.9 Å². The summed E-state index contributed by atoms with van der Waals surface area (Å²) in [7, 11) is 1.52. The van der Waals surface area contributed by atoms with Crippen LogP contribution in [0.3, 0.4) is 0 Å². The van der Waals surface area contributed by atoms with Gasteiger partial charge >= 0.3 is 6.09 Å². The van der Waals surface area contributed by atoms with Crippen LogP contribution in [0.15, 0.2) is 36.7 Å². The Kier molecular flexibility index (Phi) is 7.50. The Hall–Kier alpha value is -2.02. The topological polar surface area (TPSA) is 80.7 Å². The first kappa shape index (κ1) is 20.3. The predicted octanol–water partition coefficient (Wildman–Crippen LogP) is 3.96. The molecule has 0 fully saturated rings. The monoisotopic (exact) mass is 398 g/mol. The van der Waals surface area contributed by atoms with Crippen LogP contribution in [0.2, 0.25) is 10.0 Å². The van der Waals surface area contributed by atoms with Crippen LogP contribution in [0, 0.1) is 0 Å². The predicted molar refractivity (Wildman–Crippen MR) is 100.0 cm³/mol. The van der Waals surface area contributed by atoms with Gasteiger partial charge in [0.2, 0.25) is 0 Å². The van der Waals surface area contributed by atoms with Crippen molar-refractivity contribution < 1.29 is 19.4 Å². The molecule has 2 aromatic rings. The van der Waals surface area contributed by atoms with Gasteiger partial charge in [-0.25, -0.2) is 4.79 Å². The Bertz CT molecular complexity index is 758. The van der Waals surface area contributed by atoms with Gasteiger partial charge in [0.05, 0.1) is 36.1 Å². The molecule has 1 aromatic carbocycles. The molecule has 0 aliphatic rings. The number of ether oxygens (including phenoxy) is 2. The molecule has 2 N–H and O–H groups in total. The first-order chi connectivity index (χ1) is 12.5. The molecule has 0 bridgehead atoms. The molecule has 26 heavy (non-hydrogen) atoms. The number of methoxy groups -OCH3 is 1. The van der Waals surface area contributed by atoms with Crippen LogP contribution in [0.25, 0.3) is 0 Å². The van der Waals surface area contributed by atoms with Crippen molar-refractivity contribution >= 4 is 29.3 Å². The Morgan fingerprint density at radius 2 is 2.00 bits per heavy atom. The smallest absolute Gasteiger partial charge is 0.407 e. The first-order valence-corrected chi connectivity index (χ1v) is 8.74.